The van der Waals surface area contributed by atoms with E-state index in [0.29, 0.717) is 49.7 Å². The van der Waals surface area contributed by atoms with Gasteiger partial charge in [-0.3, -0.25) is 9.59 Å². The third kappa shape index (κ3) is 4.77. The van der Waals surface area contributed by atoms with Crippen molar-refractivity contribution in [1.29, 1.82) is 0 Å². The Hall–Kier alpha value is -2.57. The Balaban J connectivity index is 1.35. The molecule has 0 aliphatic carbocycles. The van der Waals surface area contributed by atoms with Crippen molar-refractivity contribution in [2.24, 2.45) is 5.92 Å². The van der Waals surface area contributed by atoms with Crippen LogP contribution in [0.2, 0.25) is 5.02 Å². The van der Waals surface area contributed by atoms with Crippen molar-refractivity contribution in [3.63, 3.8) is 0 Å². The smallest absolute Gasteiger partial charge is 0.253 e. The van der Waals surface area contributed by atoms with Crippen LogP contribution in [0.3, 0.4) is 0 Å². The van der Waals surface area contributed by atoms with E-state index in [4.69, 9.17) is 16.3 Å². The van der Waals surface area contributed by atoms with Gasteiger partial charge in [-0.1, -0.05) is 23.7 Å². The summed E-state index contributed by atoms with van der Waals surface area (Å²) in [6.07, 6.45) is 1.32. The summed E-state index contributed by atoms with van der Waals surface area (Å²) in [7, 11) is 0. The van der Waals surface area contributed by atoms with Gasteiger partial charge in [-0.2, -0.15) is 0 Å². The minimum absolute atomic E-state index is 0.0109. The first-order valence-corrected chi connectivity index (χ1v) is 10.8. The van der Waals surface area contributed by atoms with Crippen LogP contribution in [-0.2, 0) is 9.53 Å². The van der Waals surface area contributed by atoms with Gasteiger partial charge in [0.2, 0.25) is 5.91 Å². The van der Waals surface area contributed by atoms with Crippen LogP contribution < -0.4 is 10.2 Å². The van der Waals surface area contributed by atoms with Crippen molar-refractivity contribution in [1.82, 2.24) is 4.90 Å². The molecule has 0 atom stereocenters. The fourth-order valence-electron chi connectivity index (χ4n) is 4.01. The highest BCUT2D eigenvalue weighted by molar-refractivity contribution is 6.30. The Morgan fingerprint density at radius 3 is 2.30 bits per heavy atom. The van der Waals surface area contributed by atoms with Gasteiger partial charge in [-0.05, 0) is 49.2 Å². The van der Waals surface area contributed by atoms with Crippen molar-refractivity contribution >= 4 is 34.8 Å². The van der Waals surface area contributed by atoms with Crippen molar-refractivity contribution in [2.75, 3.05) is 49.6 Å². The molecule has 4 rings (SSSR count). The van der Waals surface area contributed by atoms with Gasteiger partial charge in [0.25, 0.3) is 5.91 Å². The lowest BCUT2D eigenvalue weighted by Gasteiger charge is -2.33. The number of carbonyl (C=O) groups excluding carboxylic acids is 2. The summed E-state index contributed by atoms with van der Waals surface area (Å²) in [5, 5.41) is 3.73. The van der Waals surface area contributed by atoms with Crippen LogP contribution in [0.4, 0.5) is 11.4 Å². The van der Waals surface area contributed by atoms with E-state index in [-0.39, 0.29) is 17.7 Å². The number of anilines is 2. The van der Waals surface area contributed by atoms with E-state index in [1.54, 1.807) is 24.3 Å². The quantitative estimate of drug-likeness (QED) is 0.808. The average Bonchev–Trinajstić information content (AvgIpc) is 2.80. The maximum atomic E-state index is 12.9. The average molecular weight is 428 g/mol. The standard InChI is InChI=1S/C23H26ClN3O3/c24-19-7-5-18(6-8-19)23(29)27-11-9-17(10-12-27)22(28)25-20-3-1-2-4-21(20)26-13-15-30-16-14-26/h1-8,17H,9-16H2,(H,25,28). The lowest BCUT2D eigenvalue weighted by atomic mass is 9.95. The van der Waals surface area contributed by atoms with Gasteiger partial charge in [0, 0.05) is 42.7 Å². The molecule has 0 radical (unpaired) electrons. The van der Waals surface area contributed by atoms with Gasteiger partial charge < -0.3 is 19.9 Å². The molecule has 30 heavy (non-hydrogen) atoms. The normalized spacial score (nSPS) is 17.6. The summed E-state index contributed by atoms with van der Waals surface area (Å²) in [5.41, 5.74) is 2.50. The number of para-hydroxylation sites is 2. The van der Waals surface area contributed by atoms with Crippen LogP contribution in [0.25, 0.3) is 0 Å². The van der Waals surface area contributed by atoms with Gasteiger partial charge in [-0.25, -0.2) is 0 Å². The first-order valence-electron chi connectivity index (χ1n) is 10.4. The molecule has 0 saturated carbocycles. The Morgan fingerprint density at radius 1 is 0.933 bits per heavy atom. The summed E-state index contributed by atoms with van der Waals surface area (Å²) in [6.45, 7) is 4.18. The van der Waals surface area contributed by atoms with E-state index in [2.05, 4.69) is 10.2 Å². The van der Waals surface area contributed by atoms with Gasteiger partial charge in [0.05, 0.1) is 24.6 Å². The molecule has 0 unspecified atom stereocenters. The number of hydrogen-bond donors (Lipinski definition) is 1. The number of halogens is 1. The molecule has 1 N–H and O–H groups in total. The SMILES string of the molecule is O=C(Nc1ccccc1N1CCOCC1)C1CCN(C(=O)c2ccc(Cl)cc2)CC1. The summed E-state index contributed by atoms with van der Waals surface area (Å²) >= 11 is 5.90. The number of amides is 2. The van der Waals surface area contributed by atoms with E-state index in [1.807, 2.05) is 29.2 Å². The van der Waals surface area contributed by atoms with E-state index in [0.717, 1.165) is 24.5 Å². The van der Waals surface area contributed by atoms with Crippen molar-refractivity contribution in [2.45, 2.75) is 12.8 Å². The zero-order valence-electron chi connectivity index (χ0n) is 16.9. The third-order valence-electron chi connectivity index (χ3n) is 5.76. The zero-order valence-corrected chi connectivity index (χ0v) is 17.6. The second-order valence-corrected chi connectivity index (χ2v) is 8.12. The van der Waals surface area contributed by atoms with Crippen molar-refractivity contribution < 1.29 is 14.3 Å². The first kappa shape index (κ1) is 20.7. The van der Waals surface area contributed by atoms with Crippen LogP contribution in [0.15, 0.2) is 48.5 Å². The maximum absolute atomic E-state index is 12.9. The van der Waals surface area contributed by atoms with E-state index in [1.165, 1.54) is 0 Å². The monoisotopic (exact) mass is 427 g/mol. The largest absolute Gasteiger partial charge is 0.378 e. The second-order valence-electron chi connectivity index (χ2n) is 7.68. The highest BCUT2D eigenvalue weighted by atomic mass is 35.5. The number of likely N-dealkylation sites (tertiary alicyclic amines) is 1. The van der Waals surface area contributed by atoms with Crippen LogP contribution in [0.1, 0.15) is 23.2 Å². The molecule has 158 valence electrons. The Morgan fingerprint density at radius 2 is 1.60 bits per heavy atom. The van der Waals surface area contributed by atoms with Gasteiger partial charge in [0.1, 0.15) is 0 Å². The fourth-order valence-corrected chi connectivity index (χ4v) is 4.14. The highest BCUT2D eigenvalue weighted by Gasteiger charge is 2.28. The predicted molar refractivity (Wildman–Crippen MR) is 118 cm³/mol. The molecule has 0 spiro atoms. The minimum atomic E-state index is -0.1000. The zero-order chi connectivity index (χ0) is 20.9. The number of morpholine rings is 1. The summed E-state index contributed by atoms with van der Waals surface area (Å²) in [5.74, 6) is -0.0884. The second kappa shape index (κ2) is 9.49. The number of nitrogens with one attached hydrogen (secondary N) is 1. The molecule has 2 fully saturated rings. The Kier molecular flexibility index (Phi) is 6.55. The van der Waals surface area contributed by atoms with Crippen LogP contribution in [0.5, 0.6) is 0 Å². The number of piperidine rings is 1. The van der Waals surface area contributed by atoms with E-state index >= 15 is 0 Å². The molecule has 6 nitrogen and oxygen atoms in total. The number of nitrogens with zero attached hydrogens (tertiary/aromatic N) is 2. The van der Waals surface area contributed by atoms with Crippen LogP contribution in [0, 0.1) is 5.92 Å². The Labute approximate surface area is 181 Å². The fraction of sp³-hybridized carbons (Fsp3) is 0.391. The van der Waals surface area contributed by atoms with Gasteiger partial charge >= 0.3 is 0 Å². The summed E-state index contributed by atoms with van der Waals surface area (Å²) in [4.78, 5) is 29.6. The lowest BCUT2D eigenvalue weighted by molar-refractivity contribution is -0.121. The molecule has 2 aromatic carbocycles. The molecular weight excluding hydrogens is 402 g/mol. The van der Waals surface area contributed by atoms with E-state index in [9.17, 15) is 9.59 Å². The molecule has 7 heteroatoms. The highest BCUT2D eigenvalue weighted by Crippen LogP contribution is 2.28. The maximum Gasteiger partial charge on any atom is 0.253 e. The summed E-state index contributed by atoms with van der Waals surface area (Å²) < 4.78 is 5.44. The first-order chi connectivity index (χ1) is 14.6. The molecular formula is C23H26ClN3O3. The van der Waals surface area contributed by atoms with Crippen LogP contribution >= 0.6 is 11.6 Å². The number of hydrogen-bond acceptors (Lipinski definition) is 4. The molecule has 2 aliphatic rings. The molecule has 2 amide bonds. The predicted octanol–water partition coefficient (Wildman–Crippen LogP) is 3.67. The molecule has 2 saturated heterocycles. The van der Waals surface area contributed by atoms with Crippen molar-refractivity contribution in [3.05, 3.63) is 59.1 Å². The lowest BCUT2D eigenvalue weighted by Crippen LogP contribution is -2.41. The number of carbonyl (C=O) groups is 2. The third-order valence-corrected chi connectivity index (χ3v) is 6.01. The molecule has 2 aromatic rings. The topological polar surface area (TPSA) is 61.9 Å². The number of benzene rings is 2. The molecule has 0 bridgehead atoms. The Bertz CT molecular complexity index is 889. The van der Waals surface area contributed by atoms with Crippen molar-refractivity contribution in [3.8, 4) is 0 Å². The van der Waals surface area contributed by atoms with E-state index < -0.39 is 0 Å². The van der Waals surface area contributed by atoms with Gasteiger partial charge in [-0.15, -0.1) is 0 Å². The molecule has 2 aliphatic heterocycles. The van der Waals surface area contributed by atoms with Gasteiger partial charge in [0.15, 0.2) is 0 Å². The van der Waals surface area contributed by atoms with Crippen LogP contribution in [-0.4, -0.2) is 56.1 Å². The number of ether oxygens (including phenoxy) is 1. The molecule has 2 heterocycles. The minimum Gasteiger partial charge on any atom is -0.378 e. The number of rotatable bonds is 4. The molecule has 0 aromatic heterocycles. The summed E-state index contributed by atoms with van der Waals surface area (Å²) in [6, 6.07) is 14.8.